The lowest BCUT2D eigenvalue weighted by atomic mass is 10.2. The van der Waals surface area contributed by atoms with Crippen LogP contribution in [0.5, 0.6) is 17.2 Å². The van der Waals surface area contributed by atoms with Crippen molar-refractivity contribution in [3.63, 3.8) is 0 Å². The molecule has 0 saturated carbocycles. The van der Waals surface area contributed by atoms with Crippen LogP contribution in [0.4, 0.5) is 0 Å². The highest BCUT2D eigenvalue weighted by atomic mass is 127. The van der Waals surface area contributed by atoms with Gasteiger partial charge in [0.2, 0.25) is 0 Å². The molecule has 0 unspecified atom stereocenters. The van der Waals surface area contributed by atoms with Gasteiger partial charge in [-0.3, -0.25) is 4.79 Å². The Morgan fingerprint density at radius 2 is 1.85 bits per heavy atom. The van der Waals surface area contributed by atoms with E-state index in [0.717, 1.165) is 3.57 Å². The molecule has 0 radical (unpaired) electrons. The van der Waals surface area contributed by atoms with Gasteiger partial charge in [0.25, 0.3) is 5.91 Å². The van der Waals surface area contributed by atoms with Crippen LogP contribution in [0.15, 0.2) is 70.2 Å². The zero-order valence-corrected chi connectivity index (χ0v) is 21.7. The molecule has 0 atom stereocenters. The van der Waals surface area contributed by atoms with Crippen molar-refractivity contribution in [1.82, 2.24) is 5.43 Å². The third-order valence-electron chi connectivity index (χ3n) is 4.14. The van der Waals surface area contributed by atoms with E-state index in [0.29, 0.717) is 32.1 Å². The van der Waals surface area contributed by atoms with E-state index in [4.69, 9.17) is 25.8 Å². The lowest BCUT2D eigenvalue weighted by molar-refractivity contribution is -0.123. The number of hydrazone groups is 1. The Labute approximate surface area is 217 Å². The molecule has 0 fully saturated rings. The number of carbonyl (C=O) groups is 2. The third kappa shape index (κ3) is 7.18. The molecule has 170 valence electrons. The summed E-state index contributed by atoms with van der Waals surface area (Å²) in [6.45, 7) is -0.228. The molecule has 0 aliphatic rings. The van der Waals surface area contributed by atoms with Crippen LogP contribution in [0.3, 0.4) is 0 Å². The van der Waals surface area contributed by atoms with E-state index in [-0.39, 0.29) is 12.4 Å². The molecule has 0 aliphatic heterocycles. The van der Waals surface area contributed by atoms with E-state index >= 15 is 0 Å². The first-order chi connectivity index (χ1) is 15.9. The number of halogens is 3. The molecule has 1 N–H and O–H groups in total. The van der Waals surface area contributed by atoms with Gasteiger partial charge in [0.1, 0.15) is 5.75 Å². The molecule has 0 bridgehead atoms. The largest absolute Gasteiger partial charge is 0.493 e. The average molecular weight is 644 g/mol. The monoisotopic (exact) mass is 642 g/mol. The maximum Gasteiger partial charge on any atom is 0.344 e. The second kappa shape index (κ2) is 12.0. The van der Waals surface area contributed by atoms with E-state index in [1.807, 2.05) is 12.1 Å². The number of methoxy groups -OCH3 is 1. The van der Waals surface area contributed by atoms with Gasteiger partial charge in [-0.15, -0.1) is 0 Å². The summed E-state index contributed by atoms with van der Waals surface area (Å²) < 4.78 is 17.7. The van der Waals surface area contributed by atoms with Gasteiger partial charge in [0.05, 0.1) is 23.4 Å². The van der Waals surface area contributed by atoms with Crippen LogP contribution >= 0.6 is 50.1 Å². The Balaban J connectivity index is 1.58. The number of hydrogen-bond donors (Lipinski definition) is 1. The fourth-order valence-corrected chi connectivity index (χ4v) is 3.98. The van der Waals surface area contributed by atoms with Gasteiger partial charge >= 0.3 is 5.97 Å². The Morgan fingerprint density at radius 1 is 1.09 bits per heavy atom. The number of nitrogens with zero attached hydrogens (tertiary/aromatic N) is 1. The minimum absolute atomic E-state index is 0.228. The molecule has 10 heteroatoms. The van der Waals surface area contributed by atoms with Crippen LogP contribution in [0, 0.1) is 3.57 Å². The summed E-state index contributed by atoms with van der Waals surface area (Å²) in [7, 11) is 1.47. The van der Waals surface area contributed by atoms with Crippen molar-refractivity contribution < 1.29 is 23.8 Å². The van der Waals surface area contributed by atoms with Crippen molar-refractivity contribution in [3.8, 4) is 17.2 Å². The summed E-state index contributed by atoms with van der Waals surface area (Å²) in [5.41, 5.74) is 3.47. The van der Waals surface area contributed by atoms with Crippen LogP contribution in [-0.4, -0.2) is 31.8 Å². The van der Waals surface area contributed by atoms with Gasteiger partial charge in [-0.25, -0.2) is 10.2 Å². The zero-order valence-electron chi connectivity index (χ0n) is 17.2. The second-order valence-electron chi connectivity index (χ2n) is 6.44. The van der Waals surface area contributed by atoms with Crippen molar-refractivity contribution in [2.75, 3.05) is 13.7 Å². The normalized spacial score (nSPS) is 10.7. The Morgan fingerprint density at radius 3 is 2.58 bits per heavy atom. The fourth-order valence-electron chi connectivity index (χ4n) is 2.58. The number of carbonyl (C=O) groups excluding carboxylic acids is 2. The number of rotatable bonds is 8. The molecule has 0 aliphatic carbocycles. The summed E-state index contributed by atoms with van der Waals surface area (Å²) in [6, 6.07) is 17.0. The van der Waals surface area contributed by atoms with Gasteiger partial charge in [-0.05, 0) is 92.6 Å². The molecule has 0 heterocycles. The lowest BCUT2D eigenvalue weighted by Crippen LogP contribution is -2.24. The fraction of sp³-hybridized carbons (Fsp3) is 0.0870. The van der Waals surface area contributed by atoms with Crippen molar-refractivity contribution >= 4 is 68.2 Å². The van der Waals surface area contributed by atoms with Crippen LogP contribution < -0.4 is 19.6 Å². The summed E-state index contributed by atoms with van der Waals surface area (Å²) in [6.07, 6.45) is 1.43. The molecule has 3 aromatic carbocycles. The predicted octanol–water partition coefficient (Wildman–Crippen LogP) is 5.46. The number of esters is 1. The quantitative estimate of drug-likeness (QED) is 0.116. The van der Waals surface area contributed by atoms with Crippen LogP contribution in [0.25, 0.3) is 0 Å². The third-order valence-corrected chi connectivity index (χ3v) is 5.94. The number of nitrogens with one attached hydrogen (secondary N) is 1. The predicted molar refractivity (Wildman–Crippen MR) is 137 cm³/mol. The molecule has 1 amide bonds. The van der Waals surface area contributed by atoms with Crippen molar-refractivity contribution in [2.24, 2.45) is 5.10 Å². The van der Waals surface area contributed by atoms with Crippen LogP contribution in [0.1, 0.15) is 15.9 Å². The van der Waals surface area contributed by atoms with E-state index in [9.17, 15) is 9.59 Å². The van der Waals surface area contributed by atoms with Crippen LogP contribution in [0.2, 0.25) is 5.02 Å². The number of amides is 1. The minimum atomic E-state index is -0.487. The van der Waals surface area contributed by atoms with Gasteiger partial charge in [-0.1, -0.05) is 23.7 Å². The van der Waals surface area contributed by atoms with E-state index < -0.39 is 11.9 Å². The molecular formula is C23H17BrClIN2O5. The Bertz CT molecular complexity index is 1210. The minimum Gasteiger partial charge on any atom is -0.493 e. The molecular weight excluding hydrogens is 627 g/mol. The molecule has 0 aromatic heterocycles. The second-order valence-corrected chi connectivity index (χ2v) is 8.89. The van der Waals surface area contributed by atoms with Gasteiger partial charge in [0.15, 0.2) is 18.1 Å². The maximum absolute atomic E-state index is 12.5. The molecule has 33 heavy (non-hydrogen) atoms. The van der Waals surface area contributed by atoms with Gasteiger partial charge < -0.3 is 14.2 Å². The number of hydrogen-bond acceptors (Lipinski definition) is 6. The average Bonchev–Trinajstić information content (AvgIpc) is 2.79. The first-order valence-electron chi connectivity index (χ1n) is 9.42. The maximum atomic E-state index is 12.5. The highest BCUT2D eigenvalue weighted by molar-refractivity contribution is 14.1. The molecule has 3 aromatic rings. The van der Waals surface area contributed by atoms with Crippen molar-refractivity contribution in [3.05, 3.63) is 84.9 Å². The standard InChI is InChI=1S/C23H17BrClIN2O5/c1-31-21-10-14(6-8-20(21)33-23(30)16-4-2-3-5-18(16)26)12-27-28-22(29)13-32-19-9-7-15(25)11-17(19)24/h2-12H,13H2,1H3,(H,28,29)/b27-12-. The van der Waals surface area contributed by atoms with E-state index in [2.05, 4.69) is 49.0 Å². The molecule has 3 rings (SSSR count). The van der Waals surface area contributed by atoms with E-state index in [1.165, 1.54) is 13.3 Å². The summed E-state index contributed by atoms with van der Waals surface area (Å²) in [5.74, 6) is 0.173. The highest BCUT2D eigenvalue weighted by Gasteiger charge is 2.15. The van der Waals surface area contributed by atoms with E-state index in [1.54, 1.807) is 48.5 Å². The first kappa shape index (κ1) is 25.0. The SMILES string of the molecule is COc1cc(/C=N\NC(=O)COc2ccc(Cl)cc2Br)ccc1OC(=O)c1ccccc1I. The number of benzene rings is 3. The van der Waals surface area contributed by atoms with Gasteiger partial charge in [-0.2, -0.15) is 5.10 Å². The highest BCUT2D eigenvalue weighted by Crippen LogP contribution is 2.29. The molecule has 0 saturated heterocycles. The topological polar surface area (TPSA) is 86.2 Å². The lowest BCUT2D eigenvalue weighted by Gasteiger charge is -2.10. The summed E-state index contributed by atoms with van der Waals surface area (Å²) >= 11 is 11.3. The Hall–Kier alpha value is -2.63. The summed E-state index contributed by atoms with van der Waals surface area (Å²) in [4.78, 5) is 24.4. The first-order valence-corrected chi connectivity index (χ1v) is 11.7. The smallest absolute Gasteiger partial charge is 0.344 e. The van der Waals surface area contributed by atoms with Crippen molar-refractivity contribution in [2.45, 2.75) is 0 Å². The molecule has 7 nitrogen and oxygen atoms in total. The number of ether oxygens (including phenoxy) is 3. The summed E-state index contributed by atoms with van der Waals surface area (Å²) in [5, 5.41) is 4.46. The van der Waals surface area contributed by atoms with Crippen LogP contribution in [-0.2, 0) is 4.79 Å². The van der Waals surface area contributed by atoms with Gasteiger partial charge in [0, 0.05) is 8.59 Å². The Kier molecular flexibility index (Phi) is 9.10. The molecule has 0 spiro atoms. The zero-order chi connectivity index (χ0) is 23.8. The van der Waals surface area contributed by atoms with Crippen molar-refractivity contribution in [1.29, 1.82) is 0 Å².